The highest BCUT2D eigenvalue weighted by Crippen LogP contribution is 2.16. The number of aromatic amines is 1. The van der Waals surface area contributed by atoms with Crippen LogP contribution in [0.1, 0.15) is 11.5 Å². The molecule has 1 aromatic carbocycles. The highest BCUT2D eigenvalue weighted by Gasteiger charge is 2.08. The minimum absolute atomic E-state index is 0.762. The summed E-state index contributed by atoms with van der Waals surface area (Å²) in [6.07, 6.45) is 1.81. The maximum absolute atomic E-state index is 4.59. The fraction of sp³-hybridized carbons (Fsp3) is 0.200. The first-order valence-electron chi connectivity index (χ1n) is 6.44. The number of halogens is 1. The molecule has 0 spiro atoms. The van der Waals surface area contributed by atoms with E-state index in [4.69, 9.17) is 0 Å². The summed E-state index contributed by atoms with van der Waals surface area (Å²) in [6.45, 7) is 1.54. The number of rotatable bonds is 4. The van der Waals surface area contributed by atoms with Gasteiger partial charge < -0.3 is 4.98 Å². The van der Waals surface area contributed by atoms with Crippen molar-refractivity contribution in [1.29, 1.82) is 0 Å². The SMILES string of the molecule is CN(Cc1nc2ccccc2[nH]1)Cc1ncccc1Br. The first-order chi connectivity index (χ1) is 9.72. The molecule has 0 fully saturated rings. The molecule has 102 valence electrons. The lowest BCUT2D eigenvalue weighted by Gasteiger charge is -2.15. The smallest absolute Gasteiger partial charge is 0.121 e. The highest BCUT2D eigenvalue weighted by molar-refractivity contribution is 9.10. The van der Waals surface area contributed by atoms with E-state index < -0.39 is 0 Å². The number of imidazole rings is 1. The second-order valence-electron chi connectivity index (χ2n) is 4.80. The summed E-state index contributed by atoms with van der Waals surface area (Å²) in [5.74, 6) is 0.973. The van der Waals surface area contributed by atoms with Gasteiger partial charge in [-0.05, 0) is 47.2 Å². The zero-order chi connectivity index (χ0) is 13.9. The van der Waals surface area contributed by atoms with Crippen molar-refractivity contribution in [2.75, 3.05) is 7.05 Å². The van der Waals surface area contributed by atoms with Gasteiger partial charge in [0, 0.05) is 17.2 Å². The summed E-state index contributed by atoms with van der Waals surface area (Å²) in [6, 6.07) is 12.0. The van der Waals surface area contributed by atoms with Gasteiger partial charge in [0.1, 0.15) is 5.82 Å². The molecule has 0 bridgehead atoms. The van der Waals surface area contributed by atoms with Gasteiger partial charge in [-0.15, -0.1) is 0 Å². The van der Waals surface area contributed by atoms with Crippen molar-refractivity contribution in [2.45, 2.75) is 13.1 Å². The summed E-state index contributed by atoms with van der Waals surface area (Å²) in [5, 5.41) is 0. The minimum atomic E-state index is 0.762. The zero-order valence-corrected chi connectivity index (χ0v) is 12.8. The third-order valence-corrected chi connectivity index (χ3v) is 3.83. The van der Waals surface area contributed by atoms with Crippen LogP contribution in [0.15, 0.2) is 47.1 Å². The number of benzene rings is 1. The van der Waals surface area contributed by atoms with E-state index in [9.17, 15) is 0 Å². The molecule has 5 heteroatoms. The lowest BCUT2D eigenvalue weighted by atomic mass is 10.3. The Hall–Kier alpha value is -1.72. The monoisotopic (exact) mass is 330 g/mol. The highest BCUT2D eigenvalue weighted by atomic mass is 79.9. The van der Waals surface area contributed by atoms with Crippen LogP contribution in [0.25, 0.3) is 11.0 Å². The lowest BCUT2D eigenvalue weighted by molar-refractivity contribution is 0.307. The maximum Gasteiger partial charge on any atom is 0.121 e. The average Bonchev–Trinajstić information content (AvgIpc) is 2.83. The van der Waals surface area contributed by atoms with Gasteiger partial charge in [0.25, 0.3) is 0 Å². The second-order valence-corrected chi connectivity index (χ2v) is 5.66. The maximum atomic E-state index is 4.59. The number of fused-ring (bicyclic) bond motifs is 1. The average molecular weight is 331 g/mol. The topological polar surface area (TPSA) is 44.8 Å². The molecule has 3 rings (SSSR count). The Morgan fingerprint density at radius 3 is 2.80 bits per heavy atom. The van der Waals surface area contributed by atoms with Crippen molar-refractivity contribution in [1.82, 2.24) is 19.9 Å². The van der Waals surface area contributed by atoms with Gasteiger partial charge in [0.2, 0.25) is 0 Å². The van der Waals surface area contributed by atoms with Crippen LogP contribution in [0.5, 0.6) is 0 Å². The Balaban J connectivity index is 1.72. The van der Waals surface area contributed by atoms with Crippen molar-refractivity contribution in [3.8, 4) is 0 Å². The molecule has 0 amide bonds. The van der Waals surface area contributed by atoms with E-state index in [-0.39, 0.29) is 0 Å². The molecule has 2 heterocycles. The Bertz CT molecular complexity index is 689. The van der Waals surface area contributed by atoms with E-state index in [2.05, 4.69) is 42.8 Å². The van der Waals surface area contributed by atoms with Crippen molar-refractivity contribution in [2.24, 2.45) is 0 Å². The Labute approximate surface area is 126 Å². The summed E-state index contributed by atoms with van der Waals surface area (Å²) in [7, 11) is 2.06. The van der Waals surface area contributed by atoms with Gasteiger partial charge in [-0.2, -0.15) is 0 Å². The van der Waals surface area contributed by atoms with Gasteiger partial charge in [0.05, 0.1) is 23.3 Å². The first-order valence-corrected chi connectivity index (χ1v) is 7.23. The largest absolute Gasteiger partial charge is 0.341 e. The van der Waals surface area contributed by atoms with Gasteiger partial charge in [-0.25, -0.2) is 4.98 Å². The molecule has 0 aliphatic carbocycles. The van der Waals surface area contributed by atoms with E-state index in [0.717, 1.165) is 40.1 Å². The Morgan fingerprint density at radius 2 is 2.00 bits per heavy atom. The molecule has 0 aliphatic heterocycles. The predicted octanol–water partition coefficient (Wildman–Crippen LogP) is 3.35. The Kier molecular flexibility index (Phi) is 3.80. The fourth-order valence-electron chi connectivity index (χ4n) is 2.18. The Morgan fingerprint density at radius 1 is 1.15 bits per heavy atom. The number of nitrogens with zero attached hydrogens (tertiary/aromatic N) is 3. The van der Waals surface area contributed by atoms with Gasteiger partial charge >= 0.3 is 0 Å². The molecule has 0 atom stereocenters. The van der Waals surface area contributed by atoms with Crippen LogP contribution >= 0.6 is 15.9 Å². The zero-order valence-electron chi connectivity index (χ0n) is 11.2. The van der Waals surface area contributed by atoms with Crippen LogP contribution in [0.2, 0.25) is 0 Å². The first kappa shape index (κ1) is 13.3. The third-order valence-electron chi connectivity index (χ3n) is 3.11. The molecule has 20 heavy (non-hydrogen) atoms. The van der Waals surface area contributed by atoms with Gasteiger partial charge in [-0.1, -0.05) is 12.1 Å². The molecule has 3 aromatic rings. The molecule has 2 aromatic heterocycles. The van der Waals surface area contributed by atoms with Crippen LogP contribution in [-0.2, 0) is 13.1 Å². The lowest BCUT2D eigenvalue weighted by Crippen LogP contribution is -2.19. The number of hydrogen-bond donors (Lipinski definition) is 1. The second kappa shape index (κ2) is 5.73. The van der Waals surface area contributed by atoms with Gasteiger partial charge in [0.15, 0.2) is 0 Å². The summed E-state index contributed by atoms with van der Waals surface area (Å²) >= 11 is 3.53. The van der Waals surface area contributed by atoms with E-state index in [1.54, 1.807) is 0 Å². The summed E-state index contributed by atoms with van der Waals surface area (Å²) < 4.78 is 1.04. The van der Waals surface area contributed by atoms with E-state index in [1.165, 1.54) is 0 Å². The number of H-pyrrole nitrogens is 1. The summed E-state index contributed by atoms with van der Waals surface area (Å²) in [4.78, 5) is 14.5. The predicted molar refractivity (Wildman–Crippen MR) is 83.2 cm³/mol. The van der Waals surface area contributed by atoms with Crippen LogP contribution < -0.4 is 0 Å². The standard InChI is InChI=1S/C15H15BrN4/c1-20(9-14-11(16)5-4-8-17-14)10-15-18-12-6-2-3-7-13(12)19-15/h2-8H,9-10H2,1H3,(H,18,19). The van der Waals surface area contributed by atoms with E-state index in [0.29, 0.717) is 0 Å². The van der Waals surface area contributed by atoms with Crippen molar-refractivity contribution in [3.05, 3.63) is 58.6 Å². The van der Waals surface area contributed by atoms with E-state index in [1.807, 2.05) is 42.6 Å². The van der Waals surface area contributed by atoms with Crippen LogP contribution in [0.3, 0.4) is 0 Å². The molecule has 0 radical (unpaired) electrons. The van der Waals surface area contributed by atoms with Crippen LogP contribution in [-0.4, -0.2) is 26.9 Å². The molecule has 0 saturated heterocycles. The van der Waals surface area contributed by atoms with E-state index >= 15 is 0 Å². The number of pyridine rings is 1. The minimum Gasteiger partial charge on any atom is -0.341 e. The number of hydrogen-bond acceptors (Lipinski definition) is 3. The molecule has 1 N–H and O–H groups in total. The third kappa shape index (κ3) is 2.89. The molecular weight excluding hydrogens is 316 g/mol. The van der Waals surface area contributed by atoms with Crippen molar-refractivity contribution < 1.29 is 0 Å². The molecular formula is C15H15BrN4. The normalized spacial score (nSPS) is 11.3. The van der Waals surface area contributed by atoms with Crippen LogP contribution in [0.4, 0.5) is 0 Å². The quantitative estimate of drug-likeness (QED) is 0.797. The van der Waals surface area contributed by atoms with Crippen molar-refractivity contribution >= 4 is 27.0 Å². The van der Waals surface area contributed by atoms with Gasteiger partial charge in [-0.3, -0.25) is 9.88 Å². The van der Waals surface area contributed by atoms with Crippen molar-refractivity contribution in [3.63, 3.8) is 0 Å². The molecule has 0 unspecified atom stereocenters. The summed E-state index contributed by atoms with van der Waals surface area (Å²) in [5.41, 5.74) is 3.12. The number of aromatic nitrogens is 3. The molecule has 0 aliphatic rings. The number of nitrogens with one attached hydrogen (secondary N) is 1. The molecule has 0 saturated carbocycles. The fourth-order valence-corrected chi connectivity index (χ4v) is 2.56. The number of para-hydroxylation sites is 2. The van der Waals surface area contributed by atoms with Crippen LogP contribution in [0, 0.1) is 0 Å². The molecule has 4 nitrogen and oxygen atoms in total.